The molecule has 1 unspecified atom stereocenters. The van der Waals surface area contributed by atoms with Crippen LogP contribution in [0.2, 0.25) is 0 Å². The first kappa shape index (κ1) is 18.4. The number of rotatable bonds is 12. The molecule has 0 aliphatic carbocycles. The van der Waals surface area contributed by atoms with Gasteiger partial charge in [-0.2, -0.15) is 5.48 Å². The van der Waals surface area contributed by atoms with E-state index in [1.54, 1.807) is 0 Å². The Morgan fingerprint density at radius 2 is 1.89 bits per heavy atom. The van der Waals surface area contributed by atoms with Crippen molar-refractivity contribution in [3.63, 3.8) is 0 Å². The second kappa shape index (κ2) is 12.4. The molecule has 0 saturated carbocycles. The molecule has 0 fully saturated rings. The quantitative estimate of drug-likeness (QED) is 0.423. The molecule has 0 aliphatic rings. The summed E-state index contributed by atoms with van der Waals surface area (Å²) in [4.78, 5) is 16.1. The van der Waals surface area contributed by atoms with Crippen LogP contribution in [0.5, 0.6) is 0 Å². The smallest absolute Gasteiger partial charge is 0.324 e. The van der Waals surface area contributed by atoms with Gasteiger partial charge in [0.25, 0.3) is 0 Å². The third-order valence-corrected chi connectivity index (χ3v) is 2.95. The Labute approximate surface area is 117 Å². The highest BCUT2D eigenvalue weighted by atomic mass is 16.7. The molecule has 0 aliphatic heterocycles. The fraction of sp³-hybridized carbons (Fsp3) is 0.933. The molecule has 0 saturated heterocycles. The predicted octanol–water partition coefficient (Wildman–Crippen LogP) is 3.19. The molecule has 1 atom stereocenters. The summed E-state index contributed by atoms with van der Waals surface area (Å²) in [5.74, 6) is 0.383. The third kappa shape index (κ3) is 13.6. The first-order valence-corrected chi connectivity index (χ1v) is 7.66. The van der Waals surface area contributed by atoms with E-state index in [0.29, 0.717) is 18.9 Å². The molecule has 0 aromatic carbocycles. The number of aliphatic hydroxyl groups excluding tert-OH is 1. The highest BCUT2D eigenvalue weighted by Crippen LogP contribution is 2.13. The standard InChI is InChI=1S/C15H31NO3/c1-4-11-16-19-15(18)10-8-6-5-7-9-14(17)12-13(2)3/h13-14,16-17H,4-12H2,1-3H3. The Morgan fingerprint density at radius 3 is 2.53 bits per heavy atom. The van der Waals surface area contributed by atoms with Crippen LogP contribution < -0.4 is 5.48 Å². The van der Waals surface area contributed by atoms with Crippen molar-refractivity contribution in [1.29, 1.82) is 0 Å². The molecule has 0 aromatic rings. The fourth-order valence-electron chi connectivity index (χ4n) is 1.95. The van der Waals surface area contributed by atoms with Crippen molar-refractivity contribution < 1.29 is 14.7 Å². The van der Waals surface area contributed by atoms with E-state index >= 15 is 0 Å². The molecule has 0 aromatic heterocycles. The minimum Gasteiger partial charge on any atom is -0.393 e. The van der Waals surface area contributed by atoms with Crippen molar-refractivity contribution in [2.24, 2.45) is 5.92 Å². The molecule has 0 heterocycles. The van der Waals surface area contributed by atoms with Crippen molar-refractivity contribution in [1.82, 2.24) is 5.48 Å². The summed E-state index contributed by atoms with van der Waals surface area (Å²) in [5.41, 5.74) is 2.64. The van der Waals surface area contributed by atoms with Crippen LogP contribution in [0, 0.1) is 5.92 Å². The Balaban J connectivity index is 3.28. The van der Waals surface area contributed by atoms with Gasteiger partial charge in [-0.1, -0.05) is 40.0 Å². The molecule has 4 heteroatoms. The van der Waals surface area contributed by atoms with Crippen LogP contribution in [0.15, 0.2) is 0 Å². The predicted molar refractivity (Wildman–Crippen MR) is 77.5 cm³/mol. The van der Waals surface area contributed by atoms with Crippen LogP contribution in [0.25, 0.3) is 0 Å². The molecule has 0 amide bonds. The summed E-state index contributed by atoms with van der Waals surface area (Å²) in [6.45, 7) is 6.98. The van der Waals surface area contributed by atoms with Crippen molar-refractivity contribution in [2.45, 2.75) is 78.2 Å². The van der Waals surface area contributed by atoms with Gasteiger partial charge >= 0.3 is 5.97 Å². The minimum absolute atomic E-state index is 0.164. The van der Waals surface area contributed by atoms with E-state index in [-0.39, 0.29) is 12.1 Å². The highest BCUT2D eigenvalue weighted by molar-refractivity contribution is 5.68. The van der Waals surface area contributed by atoms with Gasteiger partial charge in [-0.25, -0.2) is 0 Å². The van der Waals surface area contributed by atoms with Crippen molar-refractivity contribution in [2.75, 3.05) is 6.54 Å². The number of unbranched alkanes of at least 4 members (excludes halogenated alkanes) is 3. The highest BCUT2D eigenvalue weighted by Gasteiger charge is 2.06. The summed E-state index contributed by atoms with van der Waals surface area (Å²) >= 11 is 0. The Kier molecular flexibility index (Phi) is 12.0. The van der Waals surface area contributed by atoms with E-state index in [0.717, 1.165) is 44.9 Å². The lowest BCUT2D eigenvalue weighted by molar-refractivity contribution is -0.151. The summed E-state index contributed by atoms with van der Waals surface area (Å²) in [5, 5.41) is 9.70. The van der Waals surface area contributed by atoms with Gasteiger partial charge in [-0.15, -0.1) is 0 Å². The SMILES string of the molecule is CCCNOC(=O)CCCCCCC(O)CC(C)C. The molecule has 0 radical (unpaired) electrons. The molecule has 19 heavy (non-hydrogen) atoms. The lowest BCUT2D eigenvalue weighted by atomic mass is 10.0. The fourth-order valence-corrected chi connectivity index (χ4v) is 1.95. The van der Waals surface area contributed by atoms with E-state index in [1.165, 1.54) is 0 Å². The molecular weight excluding hydrogens is 242 g/mol. The topological polar surface area (TPSA) is 58.6 Å². The normalized spacial score (nSPS) is 12.7. The van der Waals surface area contributed by atoms with Crippen LogP contribution in [0.3, 0.4) is 0 Å². The number of hydrogen-bond acceptors (Lipinski definition) is 4. The lowest BCUT2D eigenvalue weighted by Gasteiger charge is -2.12. The maximum absolute atomic E-state index is 11.3. The molecule has 0 spiro atoms. The molecule has 2 N–H and O–H groups in total. The van der Waals surface area contributed by atoms with Gasteiger partial charge < -0.3 is 9.94 Å². The monoisotopic (exact) mass is 273 g/mol. The second-order valence-electron chi connectivity index (χ2n) is 5.60. The number of hydrogen-bond donors (Lipinski definition) is 2. The van der Waals surface area contributed by atoms with E-state index in [1.807, 2.05) is 6.92 Å². The average Bonchev–Trinajstić information content (AvgIpc) is 2.33. The number of carbonyl (C=O) groups is 1. The number of aliphatic hydroxyl groups is 1. The van der Waals surface area contributed by atoms with Crippen LogP contribution in [-0.4, -0.2) is 23.7 Å². The Bertz CT molecular complexity index is 219. The van der Waals surface area contributed by atoms with Crippen LogP contribution in [0.4, 0.5) is 0 Å². The zero-order valence-electron chi connectivity index (χ0n) is 12.8. The lowest BCUT2D eigenvalue weighted by Crippen LogP contribution is -2.20. The van der Waals surface area contributed by atoms with Gasteiger partial charge in [0.15, 0.2) is 0 Å². The maximum atomic E-state index is 11.3. The number of hydroxylamine groups is 1. The van der Waals surface area contributed by atoms with Crippen molar-refractivity contribution in [3.05, 3.63) is 0 Å². The first-order valence-electron chi connectivity index (χ1n) is 7.66. The van der Waals surface area contributed by atoms with Gasteiger partial charge in [0.1, 0.15) is 0 Å². The Hall–Kier alpha value is -0.610. The van der Waals surface area contributed by atoms with Crippen LogP contribution in [-0.2, 0) is 9.63 Å². The average molecular weight is 273 g/mol. The second-order valence-corrected chi connectivity index (χ2v) is 5.60. The van der Waals surface area contributed by atoms with Gasteiger partial charge in [0.05, 0.1) is 6.10 Å². The van der Waals surface area contributed by atoms with E-state index in [2.05, 4.69) is 19.3 Å². The third-order valence-electron chi connectivity index (χ3n) is 2.95. The summed E-state index contributed by atoms with van der Waals surface area (Å²) in [6, 6.07) is 0. The summed E-state index contributed by atoms with van der Waals surface area (Å²) in [6.07, 6.45) is 7.03. The van der Waals surface area contributed by atoms with E-state index in [4.69, 9.17) is 4.84 Å². The van der Waals surface area contributed by atoms with Gasteiger partial charge in [0.2, 0.25) is 0 Å². The Morgan fingerprint density at radius 1 is 1.21 bits per heavy atom. The van der Waals surface area contributed by atoms with Crippen LogP contribution in [0.1, 0.15) is 72.1 Å². The molecule has 0 bridgehead atoms. The maximum Gasteiger partial charge on any atom is 0.324 e. The summed E-state index contributed by atoms with van der Waals surface area (Å²) in [7, 11) is 0. The number of nitrogens with one attached hydrogen (secondary N) is 1. The van der Waals surface area contributed by atoms with Crippen LogP contribution >= 0.6 is 0 Å². The zero-order valence-corrected chi connectivity index (χ0v) is 12.8. The molecular formula is C15H31NO3. The molecule has 0 rings (SSSR count). The van der Waals surface area contributed by atoms with Crippen molar-refractivity contribution >= 4 is 5.97 Å². The van der Waals surface area contributed by atoms with E-state index in [9.17, 15) is 9.90 Å². The molecule has 114 valence electrons. The van der Waals surface area contributed by atoms with Gasteiger partial charge in [0, 0.05) is 13.0 Å². The van der Waals surface area contributed by atoms with E-state index < -0.39 is 0 Å². The minimum atomic E-state index is -0.173. The largest absolute Gasteiger partial charge is 0.393 e. The number of carbonyl (C=O) groups excluding carboxylic acids is 1. The van der Waals surface area contributed by atoms with Crippen molar-refractivity contribution in [3.8, 4) is 0 Å². The first-order chi connectivity index (χ1) is 9.06. The molecule has 4 nitrogen and oxygen atoms in total. The van der Waals surface area contributed by atoms with Gasteiger partial charge in [-0.3, -0.25) is 4.79 Å². The zero-order chi connectivity index (χ0) is 14.5. The van der Waals surface area contributed by atoms with Gasteiger partial charge in [-0.05, 0) is 31.6 Å². The summed E-state index contributed by atoms with van der Waals surface area (Å²) < 4.78 is 0.